The number of alkyl halides is 3. The Hall–Kier alpha value is -1.98. The van der Waals surface area contributed by atoms with Gasteiger partial charge in [0.15, 0.2) is 0 Å². The van der Waals surface area contributed by atoms with E-state index in [4.69, 9.17) is 5.11 Å². The van der Waals surface area contributed by atoms with Crippen LogP contribution in [-0.4, -0.2) is 16.1 Å². The van der Waals surface area contributed by atoms with Crippen molar-refractivity contribution in [2.24, 2.45) is 0 Å². The minimum Gasteiger partial charge on any atom is -0.481 e. The molecule has 0 unspecified atom stereocenters. The smallest absolute Gasteiger partial charge is 0.431 e. The summed E-state index contributed by atoms with van der Waals surface area (Å²) >= 11 is 0. The average molecular weight is 271 g/mol. The minimum absolute atomic E-state index is 0.201. The van der Waals surface area contributed by atoms with Crippen molar-refractivity contribution in [1.82, 2.24) is 4.98 Å². The van der Waals surface area contributed by atoms with E-state index in [1.165, 1.54) is 0 Å². The Morgan fingerprint density at radius 2 is 1.95 bits per heavy atom. The van der Waals surface area contributed by atoms with Crippen LogP contribution in [0.2, 0.25) is 0 Å². The number of benzene rings is 1. The SMILES string of the molecule is Cc1cc(C)c2c(CC(=O)O)c(C(F)(F)F)[nH]c2c1. The largest absolute Gasteiger partial charge is 0.481 e. The molecule has 19 heavy (non-hydrogen) atoms. The predicted molar refractivity (Wildman–Crippen MR) is 64.1 cm³/mol. The molecule has 0 amide bonds. The van der Waals surface area contributed by atoms with E-state index >= 15 is 0 Å². The maximum atomic E-state index is 12.9. The molecule has 0 aliphatic rings. The molecule has 3 nitrogen and oxygen atoms in total. The fraction of sp³-hybridized carbons (Fsp3) is 0.308. The lowest BCUT2D eigenvalue weighted by Gasteiger charge is -2.07. The van der Waals surface area contributed by atoms with E-state index in [-0.39, 0.29) is 5.56 Å². The third-order valence-corrected chi connectivity index (χ3v) is 2.95. The second kappa shape index (κ2) is 4.29. The van der Waals surface area contributed by atoms with Gasteiger partial charge >= 0.3 is 12.1 Å². The Labute approximate surface area is 107 Å². The number of nitrogens with one attached hydrogen (secondary N) is 1. The highest BCUT2D eigenvalue weighted by Crippen LogP contribution is 2.37. The van der Waals surface area contributed by atoms with Crippen LogP contribution in [0, 0.1) is 13.8 Å². The monoisotopic (exact) mass is 271 g/mol. The summed E-state index contributed by atoms with van der Waals surface area (Å²) in [5, 5.41) is 9.15. The van der Waals surface area contributed by atoms with Gasteiger partial charge in [0.1, 0.15) is 5.69 Å². The molecule has 2 N–H and O–H groups in total. The van der Waals surface area contributed by atoms with Crippen LogP contribution in [0.4, 0.5) is 13.2 Å². The number of hydrogen-bond acceptors (Lipinski definition) is 1. The third-order valence-electron chi connectivity index (χ3n) is 2.95. The molecular weight excluding hydrogens is 259 g/mol. The number of aryl methyl sites for hydroxylation is 2. The highest BCUT2D eigenvalue weighted by molar-refractivity contribution is 5.91. The van der Waals surface area contributed by atoms with Gasteiger partial charge in [-0.15, -0.1) is 0 Å². The van der Waals surface area contributed by atoms with Crippen molar-refractivity contribution in [3.05, 3.63) is 34.5 Å². The number of halogens is 3. The number of rotatable bonds is 2. The normalized spacial score (nSPS) is 12.1. The highest BCUT2D eigenvalue weighted by Gasteiger charge is 2.37. The number of carbonyl (C=O) groups is 1. The summed E-state index contributed by atoms with van der Waals surface area (Å²) in [5.41, 5.74) is 0.604. The van der Waals surface area contributed by atoms with E-state index in [0.29, 0.717) is 16.5 Å². The molecule has 0 spiro atoms. The first kappa shape index (κ1) is 13.5. The molecule has 0 saturated carbocycles. The Morgan fingerprint density at radius 3 is 2.47 bits per heavy atom. The third kappa shape index (κ3) is 2.43. The van der Waals surface area contributed by atoms with Crippen LogP contribution in [0.5, 0.6) is 0 Å². The van der Waals surface area contributed by atoms with E-state index in [1.807, 2.05) is 0 Å². The van der Waals surface area contributed by atoms with Gasteiger partial charge in [-0.2, -0.15) is 13.2 Å². The number of carboxylic acids is 1. The number of aromatic nitrogens is 1. The van der Waals surface area contributed by atoms with E-state index in [2.05, 4.69) is 4.98 Å². The van der Waals surface area contributed by atoms with Crippen LogP contribution < -0.4 is 0 Å². The molecule has 1 aromatic carbocycles. The van der Waals surface area contributed by atoms with Crippen LogP contribution in [0.25, 0.3) is 10.9 Å². The molecule has 2 rings (SSSR count). The number of fused-ring (bicyclic) bond motifs is 1. The van der Waals surface area contributed by atoms with E-state index in [9.17, 15) is 18.0 Å². The van der Waals surface area contributed by atoms with E-state index in [0.717, 1.165) is 5.56 Å². The van der Waals surface area contributed by atoms with Crippen molar-refractivity contribution in [2.45, 2.75) is 26.4 Å². The molecule has 6 heteroatoms. The number of hydrogen-bond donors (Lipinski definition) is 2. The molecule has 2 aromatic rings. The molecular formula is C13H12F3NO2. The van der Waals surface area contributed by atoms with Crippen LogP contribution in [0.1, 0.15) is 22.4 Å². The fourth-order valence-corrected chi connectivity index (χ4v) is 2.37. The van der Waals surface area contributed by atoms with E-state index in [1.54, 1.807) is 26.0 Å². The molecule has 0 aliphatic heterocycles. The van der Waals surface area contributed by atoms with Gasteiger partial charge in [0, 0.05) is 16.5 Å². The topological polar surface area (TPSA) is 53.1 Å². The first-order valence-electron chi connectivity index (χ1n) is 5.61. The quantitative estimate of drug-likeness (QED) is 0.879. The zero-order valence-corrected chi connectivity index (χ0v) is 10.4. The number of aliphatic carboxylic acids is 1. The molecule has 0 bridgehead atoms. The summed E-state index contributed by atoms with van der Waals surface area (Å²) in [6.45, 7) is 3.45. The second-order valence-electron chi connectivity index (χ2n) is 4.55. The van der Waals surface area contributed by atoms with Gasteiger partial charge in [0.05, 0.1) is 6.42 Å². The van der Waals surface area contributed by atoms with Gasteiger partial charge in [-0.05, 0) is 31.0 Å². The molecule has 1 heterocycles. The maximum Gasteiger partial charge on any atom is 0.431 e. The average Bonchev–Trinajstić information content (AvgIpc) is 2.55. The van der Waals surface area contributed by atoms with Crippen molar-refractivity contribution in [1.29, 1.82) is 0 Å². The Kier molecular flexibility index (Phi) is 3.04. The van der Waals surface area contributed by atoms with Crippen LogP contribution in [0.15, 0.2) is 12.1 Å². The van der Waals surface area contributed by atoms with Crippen molar-refractivity contribution < 1.29 is 23.1 Å². The second-order valence-corrected chi connectivity index (χ2v) is 4.55. The number of carboxylic acid groups (broad SMARTS) is 1. The van der Waals surface area contributed by atoms with Crippen molar-refractivity contribution in [2.75, 3.05) is 0 Å². The first-order chi connectivity index (χ1) is 8.70. The molecule has 0 atom stereocenters. The van der Waals surface area contributed by atoms with Crippen LogP contribution in [0.3, 0.4) is 0 Å². The zero-order chi connectivity index (χ0) is 14.4. The van der Waals surface area contributed by atoms with Gasteiger partial charge in [-0.1, -0.05) is 6.07 Å². The Morgan fingerprint density at radius 1 is 1.32 bits per heavy atom. The lowest BCUT2D eigenvalue weighted by atomic mass is 10.0. The first-order valence-corrected chi connectivity index (χ1v) is 5.61. The minimum atomic E-state index is -4.59. The van der Waals surface area contributed by atoms with Gasteiger partial charge in [0.2, 0.25) is 0 Å². The molecule has 0 fully saturated rings. The van der Waals surface area contributed by atoms with Crippen molar-refractivity contribution >= 4 is 16.9 Å². The predicted octanol–water partition coefficient (Wildman–Crippen LogP) is 3.43. The van der Waals surface area contributed by atoms with Gasteiger partial charge in [0.25, 0.3) is 0 Å². The van der Waals surface area contributed by atoms with E-state index < -0.39 is 24.3 Å². The van der Waals surface area contributed by atoms with Crippen molar-refractivity contribution in [3.63, 3.8) is 0 Å². The summed E-state index contributed by atoms with van der Waals surface area (Å²) in [4.78, 5) is 13.1. The fourth-order valence-electron chi connectivity index (χ4n) is 2.37. The van der Waals surface area contributed by atoms with Gasteiger partial charge < -0.3 is 10.1 Å². The summed E-state index contributed by atoms with van der Waals surface area (Å²) in [6.07, 6.45) is -5.25. The lowest BCUT2D eigenvalue weighted by Crippen LogP contribution is -2.11. The van der Waals surface area contributed by atoms with Crippen LogP contribution >= 0.6 is 0 Å². The molecule has 0 aliphatic carbocycles. The Bertz CT molecular complexity index is 656. The molecule has 102 valence electrons. The highest BCUT2D eigenvalue weighted by atomic mass is 19.4. The van der Waals surface area contributed by atoms with Crippen molar-refractivity contribution in [3.8, 4) is 0 Å². The summed E-state index contributed by atoms with van der Waals surface area (Å²) in [7, 11) is 0. The van der Waals surface area contributed by atoms with Crippen LogP contribution in [-0.2, 0) is 17.4 Å². The number of aromatic amines is 1. The Balaban J connectivity index is 2.81. The molecule has 1 aromatic heterocycles. The maximum absolute atomic E-state index is 12.9. The summed E-state index contributed by atoms with van der Waals surface area (Å²) < 4.78 is 38.8. The zero-order valence-electron chi connectivity index (χ0n) is 10.4. The lowest BCUT2D eigenvalue weighted by molar-refractivity contribution is -0.142. The molecule has 0 radical (unpaired) electrons. The summed E-state index contributed by atoms with van der Waals surface area (Å²) in [5.74, 6) is -1.29. The van der Waals surface area contributed by atoms with Gasteiger partial charge in [-0.3, -0.25) is 4.79 Å². The standard InChI is InChI=1S/C13H12F3NO2/c1-6-3-7(2)11-8(5-10(18)19)12(13(14,15)16)17-9(11)4-6/h3-4,17H,5H2,1-2H3,(H,18,19). The number of H-pyrrole nitrogens is 1. The van der Waals surface area contributed by atoms with Gasteiger partial charge in [-0.25, -0.2) is 0 Å². The summed E-state index contributed by atoms with van der Waals surface area (Å²) in [6, 6.07) is 3.32. The molecule has 0 saturated heterocycles.